The summed E-state index contributed by atoms with van der Waals surface area (Å²) in [6.45, 7) is 3.16. The van der Waals surface area contributed by atoms with Gasteiger partial charge in [0.05, 0.1) is 0 Å². The van der Waals surface area contributed by atoms with Crippen LogP contribution in [0.5, 0.6) is 0 Å². The van der Waals surface area contributed by atoms with E-state index in [1.807, 2.05) is 0 Å². The Balaban J connectivity index is 2.03. The number of hydrogen-bond acceptors (Lipinski definition) is 0. The van der Waals surface area contributed by atoms with Crippen molar-refractivity contribution >= 4 is 0 Å². The van der Waals surface area contributed by atoms with Crippen molar-refractivity contribution < 1.29 is 8.78 Å². The Bertz CT molecular complexity index is 138. The fourth-order valence-corrected chi connectivity index (χ4v) is 1.48. The first-order chi connectivity index (χ1) is 4.14. The van der Waals surface area contributed by atoms with Gasteiger partial charge in [0.15, 0.2) is 0 Å². The molecule has 0 aromatic carbocycles. The second kappa shape index (κ2) is 1.30. The average molecular weight is 131 g/mol. The van der Waals surface area contributed by atoms with Crippen LogP contribution in [0.4, 0.5) is 8.78 Å². The minimum Gasteiger partial charge on any atom is -0.243 e. The molecular formula is C7H9F2. The Labute approximate surface area is 53.2 Å². The summed E-state index contributed by atoms with van der Waals surface area (Å²) in [5, 5.41) is 0. The van der Waals surface area contributed by atoms with Crippen molar-refractivity contribution in [1.82, 2.24) is 0 Å². The van der Waals surface area contributed by atoms with Gasteiger partial charge in [-0.25, -0.2) is 8.78 Å². The third-order valence-corrected chi connectivity index (χ3v) is 2.35. The average Bonchev–Trinajstić information content (AvgIpc) is 2.54. The van der Waals surface area contributed by atoms with Crippen LogP contribution in [0.25, 0.3) is 0 Å². The molecule has 2 aliphatic carbocycles. The van der Waals surface area contributed by atoms with Crippen LogP contribution in [0.3, 0.4) is 0 Å². The molecule has 0 aromatic heterocycles. The number of rotatable bonds is 1. The minimum absolute atomic E-state index is 0.322. The van der Waals surface area contributed by atoms with Gasteiger partial charge in [0.2, 0.25) is 0 Å². The fourth-order valence-electron chi connectivity index (χ4n) is 1.48. The maximum atomic E-state index is 12.7. The predicted molar refractivity (Wildman–Crippen MR) is 30.3 cm³/mol. The van der Waals surface area contributed by atoms with Gasteiger partial charge >= 0.3 is 0 Å². The SMILES string of the molecule is [CH2]C1(F)C(F)C1C1CC1. The van der Waals surface area contributed by atoms with E-state index in [2.05, 4.69) is 6.92 Å². The molecule has 2 rings (SSSR count). The Hall–Kier alpha value is -0.140. The van der Waals surface area contributed by atoms with Gasteiger partial charge < -0.3 is 0 Å². The molecule has 51 valence electrons. The first-order valence-corrected chi connectivity index (χ1v) is 3.32. The maximum Gasteiger partial charge on any atom is 0.148 e. The summed E-state index contributed by atoms with van der Waals surface area (Å²) in [6, 6.07) is 0. The molecule has 2 heteroatoms. The zero-order valence-corrected chi connectivity index (χ0v) is 5.11. The van der Waals surface area contributed by atoms with E-state index < -0.39 is 11.8 Å². The van der Waals surface area contributed by atoms with Crippen molar-refractivity contribution in [3.05, 3.63) is 6.92 Å². The molecule has 3 unspecified atom stereocenters. The van der Waals surface area contributed by atoms with Gasteiger partial charge in [0, 0.05) is 5.92 Å². The molecule has 3 atom stereocenters. The monoisotopic (exact) mass is 131 g/mol. The van der Waals surface area contributed by atoms with Crippen molar-refractivity contribution in [1.29, 1.82) is 0 Å². The molecule has 9 heavy (non-hydrogen) atoms. The highest BCUT2D eigenvalue weighted by molar-refractivity contribution is 5.20. The highest BCUT2D eigenvalue weighted by Crippen LogP contribution is 2.60. The standard InChI is InChI=1S/C7H9F2/c1-7(9)5(6(7)8)4-2-3-4/h4-6H,1-3H2. The van der Waals surface area contributed by atoms with Gasteiger partial charge in [-0.1, -0.05) is 0 Å². The van der Waals surface area contributed by atoms with Gasteiger partial charge in [-0.2, -0.15) is 0 Å². The number of hydrogen-bond donors (Lipinski definition) is 0. The molecular weight excluding hydrogens is 122 g/mol. The molecule has 0 N–H and O–H groups in total. The molecule has 0 aliphatic heterocycles. The summed E-state index contributed by atoms with van der Waals surface area (Å²) in [4.78, 5) is 0. The summed E-state index contributed by atoms with van der Waals surface area (Å²) in [5.41, 5.74) is -1.71. The molecule has 0 heterocycles. The lowest BCUT2D eigenvalue weighted by Gasteiger charge is -1.91. The van der Waals surface area contributed by atoms with Crippen LogP contribution in [0.1, 0.15) is 12.8 Å². The summed E-state index contributed by atoms with van der Waals surface area (Å²) in [7, 11) is 0. The summed E-state index contributed by atoms with van der Waals surface area (Å²) in [5.74, 6) is -0.0278. The van der Waals surface area contributed by atoms with Crippen molar-refractivity contribution in [2.75, 3.05) is 0 Å². The second-order valence-electron chi connectivity index (χ2n) is 3.19. The number of alkyl halides is 2. The van der Waals surface area contributed by atoms with Gasteiger partial charge in [0.25, 0.3) is 0 Å². The molecule has 0 nitrogen and oxygen atoms in total. The van der Waals surface area contributed by atoms with Crippen LogP contribution >= 0.6 is 0 Å². The summed E-state index contributed by atoms with van der Waals surface area (Å²) < 4.78 is 25.1. The van der Waals surface area contributed by atoms with E-state index in [0.717, 1.165) is 12.8 Å². The van der Waals surface area contributed by atoms with Crippen molar-refractivity contribution in [3.8, 4) is 0 Å². The van der Waals surface area contributed by atoms with Gasteiger partial charge in [0.1, 0.15) is 11.8 Å². The van der Waals surface area contributed by atoms with Crippen molar-refractivity contribution in [2.45, 2.75) is 24.7 Å². The van der Waals surface area contributed by atoms with Crippen LogP contribution in [0.2, 0.25) is 0 Å². The molecule has 0 aromatic rings. The van der Waals surface area contributed by atoms with E-state index in [4.69, 9.17) is 0 Å². The maximum absolute atomic E-state index is 12.7. The van der Waals surface area contributed by atoms with Crippen LogP contribution in [-0.4, -0.2) is 11.8 Å². The third-order valence-electron chi connectivity index (χ3n) is 2.35. The molecule has 0 spiro atoms. The first kappa shape index (κ1) is 5.63. The first-order valence-electron chi connectivity index (χ1n) is 3.32. The van der Waals surface area contributed by atoms with Crippen LogP contribution < -0.4 is 0 Å². The van der Waals surface area contributed by atoms with Gasteiger partial charge in [-0.05, 0) is 25.7 Å². The molecule has 2 saturated carbocycles. The predicted octanol–water partition coefficient (Wildman–Crippen LogP) is 1.91. The van der Waals surface area contributed by atoms with E-state index >= 15 is 0 Å². The van der Waals surface area contributed by atoms with Crippen molar-refractivity contribution in [2.24, 2.45) is 11.8 Å². The quantitative estimate of drug-likeness (QED) is 0.510. The fraction of sp³-hybridized carbons (Fsp3) is 0.857. The summed E-state index contributed by atoms with van der Waals surface area (Å²) >= 11 is 0. The van der Waals surface area contributed by atoms with E-state index in [-0.39, 0.29) is 5.92 Å². The zero-order chi connectivity index (χ0) is 6.65. The zero-order valence-electron chi connectivity index (χ0n) is 5.11. The highest BCUT2D eigenvalue weighted by Gasteiger charge is 2.68. The lowest BCUT2D eigenvalue weighted by Crippen LogP contribution is -1.98. The normalized spacial score (nSPS) is 57.7. The third kappa shape index (κ3) is 0.620. The van der Waals surface area contributed by atoms with Crippen LogP contribution in [0, 0.1) is 18.8 Å². The van der Waals surface area contributed by atoms with Crippen LogP contribution in [-0.2, 0) is 0 Å². The lowest BCUT2D eigenvalue weighted by atomic mass is 10.2. The van der Waals surface area contributed by atoms with Crippen LogP contribution in [0.15, 0.2) is 0 Å². The summed E-state index contributed by atoms with van der Waals surface area (Å²) in [6.07, 6.45) is 0.753. The van der Waals surface area contributed by atoms with Crippen molar-refractivity contribution in [3.63, 3.8) is 0 Å². The lowest BCUT2D eigenvalue weighted by molar-refractivity contribution is 0.294. The Kier molecular flexibility index (Phi) is 0.814. The molecule has 2 aliphatic rings. The Morgan fingerprint density at radius 1 is 1.44 bits per heavy atom. The van der Waals surface area contributed by atoms with E-state index in [9.17, 15) is 8.78 Å². The van der Waals surface area contributed by atoms with Gasteiger partial charge in [-0.3, -0.25) is 0 Å². The number of halogens is 2. The molecule has 0 amide bonds. The highest BCUT2D eigenvalue weighted by atomic mass is 19.2. The topological polar surface area (TPSA) is 0 Å². The van der Waals surface area contributed by atoms with E-state index in [1.54, 1.807) is 0 Å². The van der Waals surface area contributed by atoms with Gasteiger partial charge in [-0.15, -0.1) is 0 Å². The molecule has 2 fully saturated rings. The minimum atomic E-state index is -1.71. The Morgan fingerprint density at radius 2 is 1.89 bits per heavy atom. The van der Waals surface area contributed by atoms with E-state index in [0.29, 0.717) is 5.92 Å². The molecule has 1 radical (unpaired) electrons. The smallest absolute Gasteiger partial charge is 0.148 e. The second-order valence-corrected chi connectivity index (χ2v) is 3.19. The van der Waals surface area contributed by atoms with E-state index in [1.165, 1.54) is 0 Å². The Morgan fingerprint density at radius 3 is 2.00 bits per heavy atom. The largest absolute Gasteiger partial charge is 0.243 e. The molecule has 0 bridgehead atoms. The molecule has 0 saturated heterocycles.